The minimum atomic E-state index is 0.0778. The lowest BCUT2D eigenvalue weighted by molar-refractivity contribution is -0.00991. The Labute approximate surface area is 136 Å². The van der Waals surface area contributed by atoms with Crippen LogP contribution in [0.4, 0.5) is 4.79 Å². The highest BCUT2D eigenvalue weighted by atomic mass is 16.5. The molecule has 2 aliphatic heterocycles. The van der Waals surface area contributed by atoms with Crippen LogP contribution in [-0.4, -0.2) is 57.3 Å². The Hall–Kier alpha value is -1.63. The van der Waals surface area contributed by atoms with Crippen LogP contribution in [0.1, 0.15) is 38.5 Å². The molecule has 0 radical (unpaired) electrons. The van der Waals surface area contributed by atoms with Crippen LogP contribution in [0, 0.1) is 5.92 Å². The number of carbonyl (C=O) groups excluding carboxylic acids is 1. The molecule has 3 aliphatic rings. The number of nitrogens with one attached hydrogen (secondary N) is 1. The minimum Gasteiger partial charge on any atom is -0.378 e. The molecule has 3 atom stereocenters. The molecule has 1 N–H and O–H groups in total. The smallest absolute Gasteiger partial charge is 0.317 e. The van der Waals surface area contributed by atoms with Gasteiger partial charge in [0, 0.05) is 25.4 Å². The van der Waals surface area contributed by atoms with Gasteiger partial charge in [-0.3, -0.25) is 4.68 Å². The number of aromatic nitrogens is 3. The Balaban J connectivity index is 1.32. The van der Waals surface area contributed by atoms with E-state index in [2.05, 4.69) is 15.6 Å². The summed E-state index contributed by atoms with van der Waals surface area (Å²) in [6.45, 7) is 2.33. The van der Waals surface area contributed by atoms with E-state index < -0.39 is 0 Å². The van der Waals surface area contributed by atoms with E-state index in [0.717, 1.165) is 51.3 Å². The van der Waals surface area contributed by atoms with Crippen molar-refractivity contribution in [2.75, 3.05) is 13.2 Å². The number of hydrogen-bond acceptors (Lipinski definition) is 4. The molecule has 0 aromatic carbocycles. The van der Waals surface area contributed by atoms with Crippen LogP contribution in [-0.2, 0) is 11.3 Å². The van der Waals surface area contributed by atoms with E-state index in [0.29, 0.717) is 6.10 Å². The maximum Gasteiger partial charge on any atom is 0.317 e. The summed E-state index contributed by atoms with van der Waals surface area (Å²) < 4.78 is 7.66. The van der Waals surface area contributed by atoms with Gasteiger partial charge in [0.1, 0.15) is 0 Å². The first kappa shape index (κ1) is 14.9. The number of ether oxygens (including phenoxy) is 1. The number of carbonyl (C=O) groups is 1. The van der Waals surface area contributed by atoms with Gasteiger partial charge >= 0.3 is 6.03 Å². The van der Waals surface area contributed by atoms with Crippen LogP contribution in [0.15, 0.2) is 12.4 Å². The van der Waals surface area contributed by atoms with Gasteiger partial charge in [-0.2, -0.15) is 0 Å². The van der Waals surface area contributed by atoms with Gasteiger partial charge in [-0.25, -0.2) is 4.79 Å². The fourth-order valence-corrected chi connectivity index (χ4v) is 3.85. The molecule has 1 saturated carbocycles. The van der Waals surface area contributed by atoms with Crippen molar-refractivity contribution < 1.29 is 9.53 Å². The van der Waals surface area contributed by atoms with Gasteiger partial charge in [0.25, 0.3) is 0 Å². The van der Waals surface area contributed by atoms with Crippen LogP contribution in [0.25, 0.3) is 0 Å². The quantitative estimate of drug-likeness (QED) is 0.911. The molecular formula is C16H25N5O2. The molecule has 7 nitrogen and oxygen atoms in total. The number of nitrogens with zero attached hydrogens (tertiary/aromatic N) is 4. The Morgan fingerprint density at radius 3 is 3.00 bits per heavy atom. The van der Waals surface area contributed by atoms with Gasteiger partial charge in [-0.05, 0) is 44.4 Å². The first-order valence-electron chi connectivity index (χ1n) is 8.82. The molecule has 4 rings (SSSR count). The van der Waals surface area contributed by atoms with Crippen molar-refractivity contribution in [3.63, 3.8) is 0 Å². The number of urea groups is 1. The molecular weight excluding hydrogens is 294 g/mol. The zero-order valence-corrected chi connectivity index (χ0v) is 13.4. The van der Waals surface area contributed by atoms with E-state index in [1.165, 1.54) is 12.8 Å². The van der Waals surface area contributed by atoms with Crippen molar-refractivity contribution in [2.45, 2.75) is 63.3 Å². The van der Waals surface area contributed by atoms with Gasteiger partial charge in [0.15, 0.2) is 0 Å². The summed E-state index contributed by atoms with van der Waals surface area (Å²) in [5.74, 6) is 0.738. The molecule has 0 bridgehead atoms. The summed E-state index contributed by atoms with van der Waals surface area (Å²) in [6, 6.07) is 0.555. The maximum atomic E-state index is 12.7. The summed E-state index contributed by atoms with van der Waals surface area (Å²) in [4.78, 5) is 14.6. The first-order chi connectivity index (χ1) is 11.3. The fourth-order valence-electron chi connectivity index (χ4n) is 3.85. The van der Waals surface area contributed by atoms with E-state index in [4.69, 9.17) is 4.74 Å². The SMILES string of the molecule is O=C(NC1CCOC(C2CC2)C1)N1CCC[C@H]1Cn1ccnn1. The minimum absolute atomic E-state index is 0.0778. The summed E-state index contributed by atoms with van der Waals surface area (Å²) in [5.41, 5.74) is 0. The third-order valence-electron chi connectivity index (χ3n) is 5.30. The van der Waals surface area contributed by atoms with Crippen molar-refractivity contribution in [3.05, 3.63) is 12.4 Å². The fraction of sp³-hybridized carbons (Fsp3) is 0.812. The van der Waals surface area contributed by atoms with E-state index in [1.807, 2.05) is 15.8 Å². The Kier molecular flexibility index (Phi) is 4.20. The van der Waals surface area contributed by atoms with Gasteiger partial charge in [0.05, 0.1) is 24.9 Å². The highest BCUT2D eigenvalue weighted by Crippen LogP contribution is 2.38. The second-order valence-corrected chi connectivity index (χ2v) is 7.03. The molecule has 2 saturated heterocycles. The van der Waals surface area contributed by atoms with Gasteiger partial charge in [0.2, 0.25) is 0 Å². The highest BCUT2D eigenvalue weighted by Gasteiger charge is 2.37. The zero-order chi connectivity index (χ0) is 15.6. The molecule has 3 heterocycles. The highest BCUT2D eigenvalue weighted by molar-refractivity contribution is 5.75. The second-order valence-electron chi connectivity index (χ2n) is 7.03. The summed E-state index contributed by atoms with van der Waals surface area (Å²) in [5, 5.41) is 11.1. The van der Waals surface area contributed by atoms with Crippen LogP contribution in [0.3, 0.4) is 0 Å². The van der Waals surface area contributed by atoms with E-state index >= 15 is 0 Å². The first-order valence-corrected chi connectivity index (χ1v) is 8.82. The lowest BCUT2D eigenvalue weighted by atomic mass is 10.0. The Morgan fingerprint density at radius 2 is 2.22 bits per heavy atom. The van der Waals surface area contributed by atoms with Crippen molar-refractivity contribution in [2.24, 2.45) is 5.92 Å². The molecule has 2 amide bonds. The van der Waals surface area contributed by atoms with Crippen molar-refractivity contribution in [1.29, 1.82) is 0 Å². The predicted octanol–water partition coefficient (Wildman–Crippen LogP) is 1.41. The third-order valence-corrected chi connectivity index (χ3v) is 5.30. The van der Waals surface area contributed by atoms with E-state index in [1.54, 1.807) is 6.20 Å². The van der Waals surface area contributed by atoms with Crippen LogP contribution >= 0.6 is 0 Å². The van der Waals surface area contributed by atoms with Gasteiger partial charge in [-0.1, -0.05) is 5.21 Å². The normalized spacial score (nSPS) is 31.3. The number of hydrogen-bond donors (Lipinski definition) is 1. The van der Waals surface area contributed by atoms with E-state index in [-0.39, 0.29) is 18.1 Å². The Morgan fingerprint density at radius 1 is 1.30 bits per heavy atom. The molecule has 3 fully saturated rings. The number of likely N-dealkylation sites (tertiary alicyclic amines) is 1. The summed E-state index contributed by atoms with van der Waals surface area (Å²) >= 11 is 0. The van der Waals surface area contributed by atoms with Crippen LogP contribution < -0.4 is 5.32 Å². The standard InChI is InChI=1S/C16H25N5O2/c22-16(18-13-5-9-23-15(10-13)12-3-4-12)21-7-1-2-14(21)11-20-8-6-17-19-20/h6,8,12-15H,1-5,7,9-11H2,(H,18,22)/t13?,14-,15?/m0/s1. The third kappa shape index (κ3) is 3.49. The molecule has 1 aromatic rings. The van der Waals surface area contributed by atoms with Crippen molar-refractivity contribution in [3.8, 4) is 0 Å². The number of amides is 2. The summed E-state index contributed by atoms with van der Waals surface area (Å²) in [7, 11) is 0. The monoisotopic (exact) mass is 319 g/mol. The van der Waals surface area contributed by atoms with E-state index in [9.17, 15) is 4.79 Å². The zero-order valence-electron chi connectivity index (χ0n) is 13.4. The molecule has 0 spiro atoms. The largest absolute Gasteiger partial charge is 0.378 e. The molecule has 1 aliphatic carbocycles. The maximum absolute atomic E-state index is 12.7. The molecule has 23 heavy (non-hydrogen) atoms. The molecule has 2 unspecified atom stereocenters. The molecule has 7 heteroatoms. The lowest BCUT2D eigenvalue weighted by Crippen LogP contribution is -2.50. The van der Waals surface area contributed by atoms with Gasteiger partial charge in [-0.15, -0.1) is 5.10 Å². The lowest BCUT2D eigenvalue weighted by Gasteiger charge is -2.33. The average molecular weight is 319 g/mol. The Bertz CT molecular complexity index is 531. The van der Waals surface area contributed by atoms with Crippen molar-refractivity contribution in [1.82, 2.24) is 25.2 Å². The predicted molar refractivity (Wildman–Crippen MR) is 83.8 cm³/mol. The van der Waals surface area contributed by atoms with Gasteiger partial charge < -0.3 is 15.0 Å². The van der Waals surface area contributed by atoms with Crippen LogP contribution in [0.5, 0.6) is 0 Å². The second kappa shape index (κ2) is 6.47. The van der Waals surface area contributed by atoms with Crippen molar-refractivity contribution >= 4 is 6.03 Å². The molecule has 1 aromatic heterocycles. The average Bonchev–Trinajstić information content (AvgIpc) is 3.09. The topological polar surface area (TPSA) is 72.3 Å². The number of rotatable bonds is 4. The summed E-state index contributed by atoms with van der Waals surface area (Å²) in [6.07, 6.45) is 10.5. The van der Waals surface area contributed by atoms with Crippen LogP contribution in [0.2, 0.25) is 0 Å². The molecule has 126 valence electrons.